The lowest BCUT2D eigenvalue weighted by atomic mass is 10.0. The van der Waals surface area contributed by atoms with Gasteiger partial charge in [-0.2, -0.15) is 0 Å². The topological polar surface area (TPSA) is 65.5 Å². The van der Waals surface area contributed by atoms with Crippen LogP contribution >= 0.6 is 0 Å². The summed E-state index contributed by atoms with van der Waals surface area (Å²) in [5, 5.41) is 10.7. The van der Waals surface area contributed by atoms with Gasteiger partial charge < -0.3 is 19.5 Å². The van der Waals surface area contributed by atoms with Gasteiger partial charge in [-0.25, -0.2) is 0 Å². The van der Waals surface area contributed by atoms with Crippen molar-refractivity contribution >= 4 is 5.78 Å². The Kier molecular flexibility index (Phi) is 5.93. The summed E-state index contributed by atoms with van der Waals surface area (Å²) in [6.07, 6.45) is 1.72. The zero-order valence-electron chi connectivity index (χ0n) is 15.2. The van der Waals surface area contributed by atoms with Gasteiger partial charge >= 0.3 is 0 Å². The first-order valence-corrected chi connectivity index (χ1v) is 9.11. The molecule has 1 atom stereocenters. The number of phenolic OH excluding ortho intramolecular Hbond substituents is 1. The van der Waals surface area contributed by atoms with Gasteiger partial charge in [-0.1, -0.05) is 13.3 Å². The predicted molar refractivity (Wildman–Crippen MR) is 95.6 cm³/mol. The fourth-order valence-corrected chi connectivity index (χ4v) is 3.11. The van der Waals surface area contributed by atoms with Crippen molar-refractivity contribution in [1.82, 2.24) is 9.80 Å². The first-order chi connectivity index (χ1) is 12.1. The molecule has 6 heteroatoms. The van der Waals surface area contributed by atoms with Gasteiger partial charge in [-0.3, -0.25) is 9.69 Å². The number of rotatable bonds is 8. The number of phenols is 1. The molecule has 0 saturated carbocycles. The van der Waals surface area contributed by atoms with Gasteiger partial charge in [-0.15, -0.1) is 0 Å². The third-order valence-electron chi connectivity index (χ3n) is 4.83. The quantitative estimate of drug-likeness (QED) is 0.568. The third kappa shape index (κ3) is 4.71. The highest BCUT2D eigenvalue weighted by Gasteiger charge is 2.25. The van der Waals surface area contributed by atoms with Crippen LogP contribution in [0.2, 0.25) is 0 Å². The molecule has 0 radical (unpaired) electrons. The monoisotopic (exact) mass is 348 g/mol. The van der Waals surface area contributed by atoms with Crippen molar-refractivity contribution in [3.05, 3.63) is 23.3 Å². The minimum atomic E-state index is -0.0310. The fourth-order valence-electron chi connectivity index (χ4n) is 3.11. The number of benzene rings is 1. The Hall–Kier alpha value is -1.63. The first kappa shape index (κ1) is 18.2. The molecule has 25 heavy (non-hydrogen) atoms. The standard InChI is InChI=1S/C19H28N2O4/c1-3-4-16-18(25-13-14-12-24-14)6-5-15(19(16)23)17(22)11-21-9-7-20(2)8-10-21/h5-6,14,23H,3-4,7-13H2,1-2H3. The van der Waals surface area contributed by atoms with E-state index < -0.39 is 0 Å². The van der Waals surface area contributed by atoms with E-state index in [4.69, 9.17) is 9.47 Å². The number of piperazine rings is 1. The molecule has 1 aromatic rings. The molecule has 2 aliphatic heterocycles. The van der Waals surface area contributed by atoms with E-state index in [1.54, 1.807) is 6.07 Å². The molecule has 6 nitrogen and oxygen atoms in total. The summed E-state index contributed by atoms with van der Waals surface area (Å²) in [6.45, 7) is 7.32. The van der Waals surface area contributed by atoms with Gasteiger partial charge in [0.25, 0.3) is 0 Å². The number of ketones is 1. The molecule has 0 aromatic heterocycles. The zero-order chi connectivity index (χ0) is 17.8. The highest BCUT2D eigenvalue weighted by atomic mass is 16.6. The average Bonchev–Trinajstić information content (AvgIpc) is 3.42. The Morgan fingerprint density at radius 2 is 2.04 bits per heavy atom. The van der Waals surface area contributed by atoms with Crippen LogP contribution in [-0.4, -0.2) is 79.8 Å². The molecule has 2 saturated heterocycles. The summed E-state index contributed by atoms with van der Waals surface area (Å²) in [7, 11) is 2.09. The van der Waals surface area contributed by atoms with E-state index in [1.807, 2.05) is 13.0 Å². The van der Waals surface area contributed by atoms with E-state index in [9.17, 15) is 9.90 Å². The minimum Gasteiger partial charge on any atom is -0.507 e. The Bertz CT molecular complexity index is 608. The number of hydrogen-bond donors (Lipinski definition) is 1. The molecule has 0 aliphatic carbocycles. The molecule has 138 valence electrons. The SMILES string of the molecule is CCCc1c(OCC2CO2)ccc(C(=O)CN2CCN(C)CC2)c1O. The predicted octanol–water partition coefficient (Wildman–Crippen LogP) is 1.55. The molecule has 0 spiro atoms. The zero-order valence-corrected chi connectivity index (χ0v) is 15.2. The maximum Gasteiger partial charge on any atom is 0.180 e. The van der Waals surface area contributed by atoms with Crippen LogP contribution in [0.3, 0.4) is 0 Å². The number of hydrogen-bond acceptors (Lipinski definition) is 6. The highest BCUT2D eigenvalue weighted by Crippen LogP contribution is 2.33. The molecule has 2 aliphatic rings. The summed E-state index contributed by atoms with van der Waals surface area (Å²) >= 11 is 0. The smallest absolute Gasteiger partial charge is 0.180 e. The van der Waals surface area contributed by atoms with Crippen molar-refractivity contribution in [3.63, 3.8) is 0 Å². The molecule has 1 N–H and O–H groups in total. The van der Waals surface area contributed by atoms with Gasteiger partial charge in [-0.05, 0) is 25.6 Å². The maximum atomic E-state index is 12.7. The summed E-state index contributed by atoms with van der Waals surface area (Å²) in [6, 6.07) is 3.50. The molecule has 1 unspecified atom stereocenters. The normalized spacial score (nSPS) is 21.3. The summed E-state index contributed by atoms with van der Waals surface area (Å²) in [4.78, 5) is 17.1. The lowest BCUT2D eigenvalue weighted by Gasteiger charge is -2.31. The van der Waals surface area contributed by atoms with Gasteiger partial charge in [0.05, 0.1) is 18.7 Å². The fraction of sp³-hybridized carbons (Fsp3) is 0.632. The number of carbonyl (C=O) groups is 1. The molecular formula is C19H28N2O4. The second kappa shape index (κ2) is 8.17. The third-order valence-corrected chi connectivity index (χ3v) is 4.83. The van der Waals surface area contributed by atoms with E-state index in [-0.39, 0.29) is 17.6 Å². The number of ether oxygens (including phenoxy) is 2. The van der Waals surface area contributed by atoms with Gasteiger partial charge in [0.2, 0.25) is 0 Å². The van der Waals surface area contributed by atoms with Crippen LogP contribution in [0, 0.1) is 0 Å². The minimum absolute atomic E-state index is 0.0310. The second-order valence-corrected chi connectivity index (χ2v) is 6.96. The van der Waals surface area contributed by atoms with Crippen LogP contribution < -0.4 is 4.74 Å². The molecule has 0 bridgehead atoms. The lowest BCUT2D eigenvalue weighted by molar-refractivity contribution is 0.0873. The number of epoxide rings is 1. The summed E-state index contributed by atoms with van der Waals surface area (Å²) in [5.41, 5.74) is 1.13. The van der Waals surface area contributed by atoms with Crippen LogP contribution in [-0.2, 0) is 11.2 Å². The maximum absolute atomic E-state index is 12.7. The van der Waals surface area contributed by atoms with E-state index in [1.165, 1.54) is 0 Å². The molecule has 2 heterocycles. The van der Waals surface area contributed by atoms with Crippen molar-refractivity contribution in [2.24, 2.45) is 0 Å². The van der Waals surface area contributed by atoms with Crippen molar-refractivity contribution in [2.75, 3.05) is 53.0 Å². The number of likely N-dealkylation sites (N-methyl/N-ethyl adjacent to an activating group) is 1. The summed E-state index contributed by atoms with van der Waals surface area (Å²) < 4.78 is 10.9. The Morgan fingerprint density at radius 1 is 1.32 bits per heavy atom. The average molecular weight is 348 g/mol. The van der Waals surface area contributed by atoms with E-state index in [0.717, 1.165) is 44.8 Å². The van der Waals surface area contributed by atoms with Crippen molar-refractivity contribution in [2.45, 2.75) is 25.9 Å². The highest BCUT2D eigenvalue weighted by molar-refractivity contribution is 6.00. The van der Waals surface area contributed by atoms with Gasteiger partial charge in [0.15, 0.2) is 5.78 Å². The number of nitrogens with zero attached hydrogens (tertiary/aromatic N) is 2. The molecule has 3 rings (SSSR count). The summed E-state index contributed by atoms with van der Waals surface area (Å²) in [5.74, 6) is 0.706. The molecular weight excluding hydrogens is 320 g/mol. The van der Waals surface area contributed by atoms with E-state index >= 15 is 0 Å². The van der Waals surface area contributed by atoms with Crippen molar-refractivity contribution < 1.29 is 19.4 Å². The van der Waals surface area contributed by atoms with Gasteiger partial charge in [0, 0.05) is 31.7 Å². The number of carbonyl (C=O) groups excluding carboxylic acids is 1. The van der Waals surface area contributed by atoms with Crippen LogP contribution in [0.25, 0.3) is 0 Å². The van der Waals surface area contributed by atoms with Crippen LogP contribution in [0.15, 0.2) is 12.1 Å². The number of Topliss-reactive ketones (excluding diaryl/α,β-unsaturated/α-hetero) is 1. The first-order valence-electron chi connectivity index (χ1n) is 9.11. The van der Waals surface area contributed by atoms with Crippen LogP contribution in [0.1, 0.15) is 29.3 Å². The van der Waals surface area contributed by atoms with Crippen LogP contribution in [0.5, 0.6) is 11.5 Å². The lowest BCUT2D eigenvalue weighted by Crippen LogP contribution is -2.46. The van der Waals surface area contributed by atoms with Gasteiger partial charge in [0.1, 0.15) is 24.2 Å². The van der Waals surface area contributed by atoms with Crippen molar-refractivity contribution in [1.29, 1.82) is 0 Å². The molecule has 0 amide bonds. The molecule has 2 fully saturated rings. The Labute approximate surface area is 149 Å². The largest absolute Gasteiger partial charge is 0.507 e. The molecule has 1 aromatic carbocycles. The van der Waals surface area contributed by atoms with Crippen LogP contribution in [0.4, 0.5) is 0 Å². The van der Waals surface area contributed by atoms with Crippen molar-refractivity contribution in [3.8, 4) is 11.5 Å². The number of aromatic hydroxyl groups is 1. The van der Waals surface area contributed by atoms with E-state index in [0.29, 0.717) is 30.9 Å². The van der Waals surface area contributed by atoms with E-state index in [2.05, 4.69) is 16.8 Å². The second-order valence-electron chi connectivity index (χ2n) is 6.96. The Morgan fingerprint density at radius 3 is 2.68 bits per heavy atom. The Balaban J connectivity index is 1.71.